The number of ether oxygens (including phenoxy) is 1. The summed E-state index contributed by atoms with van der Waals surface area (Å²) in [6.07, 6.45) is 4.96. The Morgan fingerprint density at radius 3 is 2.47 bits per heavy atom. The van der Waals surface area contributed by atoms with Crippen LogP contribution in [0.3, 0.4) is 0 Å². The van der Waals surface area contributed by atoms with Crippen LogP contribution in [0.1, 0.15) is 37.7 Å². The fraction of sp³-hybridized carbons (Fsp3) is 0.562. The Balaban J connectivity index is 2.01. The second-order valence-corrected chi connectivity index (χ2v) is 4.96. The zero-order valence-electron chi connectivity index (χ0n) is 12.1. The van der Waals surface area contributed by atoms with E-state index in [-0.39, 0.29) is 5.97 Å². The molecule has 0 aromatic heterocycles. The fourth-order valence-electron chi connectivity index (χ4n) is 2.08. The van der Waals surface area contributed by atoms with Crippen LogP contribution >= 0.6 is 0 Å². The van der Waals surface area contributed by atoms with E-state index in [0.29, 0.717) is 6.42 Å². The van der Waals surface area contributed by atoms with Gasteiger partial charge in [-0.3, -0.25) is 4.79 Å². The van der Waals surface area contributed by atoms with Crippen LogP contribution in [0, 0.1) is 0 Å². The van der Waals surface area contributed by atoms with Crippen molar-refractivity contribution in [1.29, 1.82) is 0 Å². The summed E-state index contributed by atoms with van der Waals surface area (Å²) in [5.74, 6) is -0.0961. The topological polar surface area (TPSA) is 29.5 Å². The molecule has 1 aromatic rings. The van der Waals surface area contributed by atoms with Gasteiger partial charge in [0.25, 0.3) is 0 Å². The van der Waals surface area contributed by atoms with E-state index < -0.39 is 0 Å². The highest BCUT2D eigenvalue weighted by Crippen LogP contribution is 2.07. The first-order chi connectivity index (χ1) is 9.22. The van der Waals surface area contributed by atoms with Crippen molar-refractivity contribution in [2.75, 3.05) is 20.7 Å². The molecule has 0 aliphatic carbocycles. The minimum atomic E-state index is -0.0961. The Morgan fingerprint density at radius 2 is 1.79 bits per heavy atom. The summed E-state index contributed by atoms with van der Waals surface area (Å²) in [5, 5.41) is 0. The number of rotatable bonds is 9. The number of hydrogen-bond donors (Lipinski definition) is 0. The molecular weight excluding hydrogens is 238 g/mol. The highest BCUT2D eigenvalue weighted by atomic mass is 16.5. The van der Waals surface area contributed by atoms with Crippen LogP contribution in [0.25, 0.3) is 0 Å². The Labute approximate surface area is 116 Å². The maximum absolute atomic E-state index is 10.9. The lowest BCUT2D eigenvalue weighted by Gasteiger charge is -2.16. The summed E-state index contributed by atoms with van der Waals surface area (Å²) in [4.78, 5) is 13.3. The molecule has 0 unspecified atom stereocenters. The molecule has 0 atom stereocenters. The number of carbonyl (C=O) groups excluding carboxylic acids is 1. The average Bonchev–Trinajstić information content (AvgIpc) is 2.43. The molecule has 0 spiro atoms. The molecule has 0 amide bonds. The molecule has 0 aliphatic heterocycles. The van der Waals surface area contributed by atoms with Crippen molar-refractivity contribution < 1.29 is 9.53 Å². The molecule has 0 saturated carbocycles. The van der Waals surface area contributed by atoms with Crippen LogP contribution in [-0.2, 0) is 16.1 Å². The van der Waals surface area contributed by atoms with Gasteiger partial charge < -0.3 is 9.64 Å². The van der Waals surface area contributed by atoms with Crippen molar-refractivity contribution in [2.45, 2.75) is 38.6 Å². The van der Waals surface area contributed by atoms with E-state index in [9.17, 15) is 4.79 Å². The Morgan fingerprint density at radius 1 is 1.11 bits per heavy atom. The van der Waals surface area contributed by atoms with Crippen LogP contribution in [0.15, 0.2) is 30.3 Å². The normalized spacial score (nSPS) is 10.7. The number of nitrogens with zero attached hydrogens (tertiary/aromatic N) is 1. The average molecular weight is 263 g/mol. The van der Waals surface area contributed by atoms with Gasteiger partial charge in [0.15, 0.2) is 0 Å². The van der Waals surface area contributed by atoms with E-state index >= 15 is 0 Å². The summed E-state index contributed by atoms with van der Waals surface area (Å²) in [6, 6.07) is 10.5. The lowest BCUT2D eigenvalue weighted by molar-refractivity contribution is -0.140. The van der Waals surface area contributed by atoms with Gasteiger partial charge in [-0.2, -0.15) is 0 Å². The maximum atomic E-state index is 10.9. The molecule has 3 nitrogen and oxygen atoms in total. The monoisotopic (exact) mass is 263 g/mol. The molecule has 0 N–H and O–H groups in total. The van der Waals surface area contributed by atoms with Crippen molar-refractivity contribution >= 4 is 5.97 Å². The largest absolute Gasteiger partial charge is 0.469 e. The summed E-state index contributed by atoms with van der Waals surface area (Å²) in [5.41, 5.74) is 1.36. The van der Waals surface area contributed by atoms with Gasteiger partial charge in [0.05, 0.1) is 7.11 Å². The zero-order valence-corrected chi connectivity index (χ0v) is 12.1. The number of hydrogen-bond acceptors (Lipinski definition) is 3. The predicted molar refractivity (Wildman–Crippen MR) is 77.9 cm³/mol. The minimum absolute atomic E-state index is 0.0961. The molecule has 106 valence electrons. The number of unbranched alkanes of at least 4 members (excludes halogenated alkanes) is 3. The van der Waals surface area contributed by atoms with Gasteiger partial charge in [-0.25, -0.2) is 0 Å². The highest BCUT2D eigenvalue weighted by molar-refractivity contribution is 5.68. The molecule has 0 fully saturated rings. The van der Waals surface area contributed by atoms with Crippen molar-refractivity contribution in [3.05, 3.63) is 35.9 Å². The molecule has 0 aliphatic rings. The summed E-state index contributed by atoms with van der Waals surface area (Å²) < 4.78 is 4.61. The predicted octanol–water partition coefficient (Wildman–Crippen LogP) is 3.24. The van der Waals surface area contributed by atoms with Gasteiger partial charge in [-0.1, -0.05) is 43.2 Å². The van der Waals surface area contributed by atoms with Gasteiger partial charge in [0.2, 0.25) is 0 Å². The molecule has 0 saturated heterocycles. The Hall–Kier alpha value is -1.35. The van der Waals surface area contributed by atoms with E-state index in [4.69, 9.17) is 0 Å². The van der Waals surface area contributed by atoms with Gasteiger partial charge >= 0.3 is 5.97 Å². The maximum Gasteiger partial charge on any atom is 0.305 e. The first kappa shape index (κ1) is 15.7. The van der Waals surface area contributed by atoms with E-state index in [1.807, 2.05) is 6.07 Å². The van der Waals surface area contributed by atoms with Crippen LogP contribution in [-0.4, -0.2) is 31.6 Å². The molecule has 1 rings (SSSR count). The fourth-order valence-corrected chi connectivity index (χ4v) is 2.08. The minimum Gasteiger partial charge on any atom is -0.469 e. The van der Waals surface area contributed by atoms with Gasteiger partial charge in [-0.05, 0) is 32.0 Å². The first-order valence-corrected chi connectivity index (χ1v) is 7.01. The lowest BCUT2D eigenvalue weighted by atomic mass is 10.1. The summed E-state index contributed by atoms with van der Waals surface area (Å²) in [7, 11) is 3.60. The number of carbonyl (C=O) groups is 1. The van der Waals surface area contributed by atoms with Crippen LogP contribution in [0.2, 0.25) is 0 Å². The number of benzene rings is 1. The van der Waals surface area contributed by atoms with E-state index in [0.717, 1.165) is 25.9 Å². The third-order valence-corrected chi connectivity index (χ3v) is 3.19. The standard InChI is InChI=1S/C16H25NO2/c1-17(14-15-10-6-5-7-11-15)13-9-4-3-8-12-16(18)19-2/h5-7,10-11H,3-4,8-9,12-14H2,1-2H3. The third kappa shape index (κ3) is 7.62. The third-order valence-electron chi connectivity index (χ3n) is 3.19. The number of esters is 1. The zero-order chi connectivity index (χ0) is 13.9. The molecule has 0 heterocycles. The van der Waals surface area contributed by atoms with Crippen molar-refractivity contribution in [2.24, 2.45) is 0 Å². The second-order valence-electron chi connectivity index (χ2n) is 4.96. The van der Waals surface area contributed by atoms with Crippen molar-refractivity contribution in [1.82, 2.24) is 4.90 Å². The molecular formula is C16H25NO2. The lowest BCUT2D eigenvalue weighted by Crippen LogP contribution is -2.18. The summed E-state index contributed by atoms with van der Waals surface area (Å²) in [6.45, 7) is 2.11. The smallest absolute Gasteiger partial charge is 0.305 e. The Bertz CT molecular complexity index is 351. The second kappa shape index (κ2) is 9.56. The van der Waals surface area contributed by atoms with Gasteiger partial charge in [0, 0.05) is 13.0 Å². The quantitative estimate of drug-likeness (QED) is 0.506. The number of methoxy groups -OCH3 is 1. The van der Waals surface area contributed by atoms with Crippen molar-refractivity contribution in [3.63, 3.8) is 0 Å². The first-order valence-electron chi connectivity index (χ1n) is 7.01. The highest BCUT2D eigenvalue weighted by Gasteiger charge is 2.01. The van der Waals surface area contributed by atoms with E-state index in [1.165, 1.54) is 25.5 Å². The molecule has 0 radical (unpaired) electrons. The van der Waals surface area contributed by atoms with Gasteiger partial charge in [0.1, 0.15) is 0 Å². The Kier molecular flexibility index (Phi) is 7.91. The van der Waals surface area contributed by atoms with Crippen molar-refractivity contribution in [3.8, 4) is 0 Å². The van der Waals surface area contributed by atoms with Crippen LogP contribution in [0.4, 0.5) is 0 Å². The van der Waals surface area contributed by atoms with E-state index in [1.54, 1.807) is 0 Å². The van der Waals surface area contributed by atoms with E-state index in [2.05, 4.69) is 40.9 Å². The SMILES string of the molecule is COC(=O)CCCCCCN(C)Cc1ccccc1. The molecule has 0 bridgehead atoms. The van der Waals surface area contributed by atoms with Crippen LogP contribution in [0.5, 0.6) is 0 Å². The summed E-state index contributed by atoms with van der Waals surface area (Å²) >= 11 is 0. The van der Waals surface area contributed by atoms with Gasteiger partial charge in [-0.15, -0.1) is 0 Å². The molecule has 3 heteroatoms. The van der Waals surface area contributed by atoms with Crippen LogP contribution < -0.4 is 0 Å². The molecule has 1 aromatic carbocycles. The molecule has 19 heavy (non-hydrogen) atoms.